The van der Waals surface area contributed by atoms with Crippen LogP contribution in [0.2, 0.25) is 0 Å². The Hall–Kier alpha value is 0.511. The van der Waals surface area contributed by atoms with Gasteiger partial charge in [-0.3, -0.25) is 0 Å². The maximum absolute atomic E-state index is 0. The van der Waals surface area contributed by atoms with E-state index in [1.54, 1.807) is 0 Å². The van der Waals surface area contributed by atoms with E-state index in [9.17, 15) is 0 Å². The molecule has 10 heavy (non-hydrogen) atoms. The molecule has 0 aliphatic heterocycles. The zero-order valence-electron chi connectivity index (χ0n) is 5.28. The molecule has 0 saturated carbocycles. The van der Waals surface area contributed by atoms with Crippen molar-refractivity contribution in [3.05, 3.63) is 0 Å². The molecule has 4 radical (unpaired) electrons. The van der Waals surface area contributed by atoms with Gasteiger partial charge < -0.3 is 52.2 Å². The molecule has 0 saturated heterocycles. The fraction of sp³-hybridized carbons (Fsp3) is 0. The van der Waals surface area contributed by atoms with Crippen LogP contribution in [-0.2, 0) is 0 Å². The van der Waals surface area contributed by atoms with E-state index >= 15 is 0 Å². The minimum Gasteiger partial charge on any atom is -1.00 e. The molecule has 0 fully saturated rings. The van der Waals surface area contributed by atoms with E-state index in [-0.39, 0.29) is 75.3 Å². The van der Waals surface area contributed by atoms with E-state index < -0.39 is 0 Å². The van der Waals surface area contributed by atoms with Crippen LogP contribution in [0.25, 0.3) is 0 Å². The topological polar surface area (TPSA) is 252 Å². The third-order valence-electron chi connectivity index (χ3n) is 0. The van der Waals surface area contributed by atoms with Crippen LogP contribution in [0.4, 0.5) is 0 Å². The Balaban J connectivity index is 0. The molecule has 68 valence electrons. The standard InChI is InChI=1S/B.Mg.8H2O/h;;8*1H2/q-1;+2;;;;;;;;. The Bertz CT molecular complexity index is 9.22. The fourth-order valence-corrected chi connectivity index (χ4v) is 0. The molecule has 0 atom stereocenters. The minimum atomic E-state index is 0. The first-order chi connectivity index (χ1) is 0. The van der Waals surface area contributed by atoms with E-state index in [4.69, 9.17) is 0 Å². The molecule has 0 amide bonds. The van der Waals surface area contributed by atoms with Gasteiger partial charge in [0.05, 0.1) is 0 Å². The van der Waals surface area contributed by atoms with Crippen molar-refractivity contribution in [1.82, 2.24) is 0 Å². The van der Waals surface area contributed by atoms with E-state index in [2.05, 4.69) is 0 Å². The van der Waals surface area contributed by atoms with Crippen LogP contribution in [0.1, 0.15) is 0 Å². The van der Waals surface area contributed by atoms with Crippen molar-refractivity contribution in [3.63, 3.8) is 0 Å². The maximum atomic E-state index is 0. The Labute approximate surface area is 75.8 Å². The largest absolute Gasteiger partial charge is 2.00 e. The van der Waals surface area contributed by atoms with Crippen molar-refractivity contribution >= 4 is 31.5 Å². The first-order valence-electron chi connectivity index (χ1n) is 0. The quantitative estimate of drug-likeness (QED) is 0.314. The molecule has 0 aliphatic carbocycles. The Morgan fingerprint density at radius 1 is 0.300 bits per heavy atom. The third-order valence-corrected chi connectivity index (χ3v) is 0. The van der Waals surface area contributed by atoms with Crippen LogP contribution in [0.15, 0.2) is 0 Å². The summed E-state index contributed by atoms with van der Waals surface area (Å²) in [4.78, 5) is 0. The van der Waals surface area contributed by atoms with Crippen LogP contribution in [0, 0.1) is 0 Å². The summed E-state index contributed by atoms with van der Waals surface area (Å²) in [5, 5.41) is 0. The van der Waals surface area contributed by atoms with Crippen molar-refractivity contribution in [2.45, 2.75) is 0 Å². The van der Waals surface area contributed by atoms with E-state index in [1.165, 1.54) is 0 Å². The normalized spacial score (nSPS) is 0. The molecule has 0 aromatic rings. The molecule has 0 spiro atoms. The second-order valence-electron chi connectivity index (χ2n) is 0. The van der Waals surface area contributed by atoms with Gasteiger partial charge in [0.1, 0.15) is 0 Å². The summed E-state index contributed by atoms with van der Waals surface area (Å²) in [6, 6.07) is 0. The molecule has 0 aromatic heterocycles. The molecule has 0 rings (SSSR count). The van der Waals surface area contributed by atoms with E-state index in [0.717, 1.165) is 0 Å². The number of hydrogen-bond acceptors (Lipinski definition) is 0. The van der Waals surface area contributed by atoms with Gasteiger partial charge in [0.15, 0.2) is 0 Å². The fourth-order valence-electron chi connectivity index (χ4n) is 0. The Kier molecular flexibility index (Phi) is 960000. The summed E-state index contributed by atoms with van der Waals surface area (Å²) in [7, 11) is 0. The van der Waals surface area contributed by atoms with Crippen molar-refractivity contribution in [3.8, 4) is 0 Å². The summed E-state index contributed by atoms with van der Waals surface area (Å²) in [5.41, 5.74) is 0. The average Bonchev–Trinajstić information content (AvgIpc) is 0. The first kappa shape index (κ1) is 3640. The third kappa shape index (κ3) is 1840. The minimum absolute atomic E-state index is 0. The van der Waals surface area contributed by atoms with Crippen LogP contribution >= 0.6 is 0 Å². The van der Waals surface area contributed by atoms with E-state index in [0.29, 0.717) is 0 Å². The summed E-state index contributed by atoms with van der Waals surface area (Å²) in [5.74, 6) is 0. The van der Waals surface area contributed by atoms with Crippen molar-refractivity contribution < 1.29 is 43.8 Å². The summed E-state index contributed by atoms with van der Waals surface area (Å²) in [6.07, 6.45) is 0. The van der Waals surface area contributed by atoms with Gasteiger partial charge in [0, 0.05) is 0 Å². The SMILES string of the molecule is O.O.O.O.O.O.O.O.[B-].[Mg+2]. The second-order valence-corrected chi connectivity index (χ2v) is 0. The van der Waals surface area contributed by atoms with Gasteiger partial charge in [-0.05, 0) is 0 Å². The summed E-state index contributed by atoms with van der Waals surface area (Å²) < 4.78 is 0. The van der Waals surface area contributed by atoms with Gasteiger partial charge in [-0.15, -0.1) is 0 Å². The van der Waals surface area contributed by atoms with Crippen molar-refractivity contribution in [1.29, 1.82) is 0 Å². The molecule has 0 bridgehead atoms. The molecule has 8 nitrogen and oxygen atoms in total. The summed E-state index contributed by atoms with van der Waals surface area (Å²) in [6.45, 7) is 0. The van der Waals surface area contributed by atoms with Gasteiger partial charge in [-0.25, -0.2) is 0 Å². The number of rotatable bonds is 0. The first-order valence-corrected chi connectivity index (χ1v) is 0. The summed E-state index contributed by atoms with van der Waals surface area (Å²) >= 11 is 0. The molecule has 10 heteroatoms. The van der Waals surface area contributed by atoms with Gasteiger partial charge in [0.25, 0.3) is 0 Å². The molecular weight excluding hydrogens is 163 g/mol. The average molecular weight is 179 g/mol. The Morgan fingerprint density at radius 2 is 0.300 bits per heavy atom. The molecule has 0 aromatic carbocycles. The van der Waals surface area contributed by atoms with Crippen molar-refractivity contribution in [2.24, 2.45) is 0 Å². The van der Waals surface area contributed by atoms with Gasteiger partial charge in [-0.1, -0.05) is 0 Å². The Morgan fingerprint density at radius 3 is 0.300 bits per heavy atom. The maximum Gasteiger partial charge on any atom is 2.00 e. The molecule has 0 heterocycles. The van der Waals surface area contributed by atoms with Crippen LogP contribution in [-0.4, -0.2) is 75.3 Å². The monoisotopic (exact) mass is 179 g/mol. The molecule has 0 unspecified atom stereocenters. The second kappa shape index (κ2) is 2640. The predicted octanol–water partition coefficient (Wildman–Crippen LogP) is -7.36. The number of hydrogen-bond donors (Lipinski definition) is 0. The zero-order chi connectivity index (χ0) is 0. The van der Waals surface area contributed by atoms with Crippen LogP contribution in [0.3, 0.4) is 0 Å². The molecule has 16 N–H and O–H groups in total. The van der Waals surface area contributed by atoms with Gasteiger partial charge in [0.2, 0.25) is 0 Å². The van der Waals surface area contributed by atoms with Crippen molar-refractivity contribution in [2.75, 3.05) is 0 Å². The molecular formula is H16BMgO8+. The van der Waals surface area contributed by atoms with Crippen LogP contribution in [0.5, 0.6) is 0 Å². The molecule has 0 aliphatic rings. The zero-order valence-corrected chi connectivity index (χ0v) is 6.70. The van der Waals surface area contributed by atoms with E-state index in [1.807, 2.05) is 0 Å². The van der Waals surface area contributed by atoms with Gasteiger partial charge in [-0.2, -0.15) is 0 Å². The predicted molar refractivity (Wildman–Crippen MR) is 40.4 cm³/mol. The smallest absolute Gasteiger partial charge is 1.00 e. The van der Waals surface area contributed by atoms with Crippen LogP contribution < -0.4 is 0 Å². The van der Waals surface area contributed by atoms with Gasteiger partial charge >= 0.3 is 23.1 Å².